The van der Waals surface area contributed by atoms with Crippen molar-refractivity contribution in [1.29, 1.82) is 0 Å². The van der Waals surface area contributed by atoms with E-state index in [4.69, 9.17) is 4.42 Å². The van der Waals surface area contributed by atoms with Crippen molar-refractivity contribution >= 4 is 40.6 Å². The summed E-state index contributed by atoms with van der Waals surface area (Å²) in [5.41, 5.74) is 3.87. The molecule has 0 aromatic carbocycles. The van der Waals surface area contributed by atoms with Crippen molar-refractivity contribution < 1.29 is 9.21 Å². The van der Waals surface area contributed by atoms with Crippen molar-refractivity contribution in [2.24, 2.45) is 0 Å². The van der Waals surface area contributed by atoms with E-state index in [1.54, 1.807) is 18.0 Å². The van der Waals surface area contributed by atoms with E-state index in [9.17, 15) is 4.79 Å². The Morgan fingerprint density at radius 2 is 1.96 bits per heavy atom. The summed E-state index contributed by atoms with van der Waals surface area (Å²) >= 11 is 4.58. The maximum atomic E-state index is 12.7. The summed E-state index contributed by atoms with van der Waals surface area (Å²) in [6.07, 6.45) is 1.66. The average molecular weight is 420 g/mol. The van der Waals surface area contributed by atoms with Gasteiger partial charge in [-0.2, -0.15) is 0 Å². The second-order valence-electron chi connectivity index (χ2n) is 6.24. The smallest absolute Gasteiger partial charge is 0.175 e. The fourth-order valence-corrected chi connectivity index (χ4v) is 5.34. The molecule has 0 bridgehead atoms. The Balaban J connectivity index is 1.62. The van der Waals surface area contributed by atoms with E-state index in [0.717, 1.165) is 42.7 Å². The number of carbonyl (C=O) groups is 1. The zero-order valence-electron chi connectivity index (χ0n) is 15.5. The molecule has 0 fully saturated rings. The van der Waals surface area contributed by atoms with Crippen LogP contribution in [0.1, 0.15) is 34.4 Å². The maximum absolute atomic E-state index is 12.7. The molecule has 3 rings (SSSR count). The van der Waals surface area contributed by atoms with Crippen LogP contribution in [0.2, 0.25) is 0 Å². The lowest BCUT2D eigenvalue weighted by atomic mass is 10.2. The van der Waals surface area contributed by atoms with Crippen LogP contribution in [0, 0.1) is 13.8 Å². The Kier molecular flexibility index (Phi) is 6.62. The van der Waals surface area contributed by atoms with Gasteiger partial charge in [0.2, 0.25) is 0 Å². The minimum atomic E-state index is 0.102. The molecule has 3 aromatic heterocycles. The third kappa shape index (κ3) is 5.15. The summed E-state index contributed by atoms with van der Waals surface area (Å²) < 4.78 is 9.26. The van der Waals surface area contributed by atoms with Crippen LogP contribution in [0.4, 0.5) is 0 Å². The molecule has 0 saturated heterocycles. The minimum absolute atomic E-state index is 0.102. The molecule has 0 unspecified atom stereocenters. The first-order valence-corrected chi connectivity index (χ1v) is 11.2. The van der Waals surface area contributed by atoms with Gasteiger partial charge in [0.1, 0.15) is 5.76 Å². The number of Topliss-reactive ketones (excluding diaryl/α,β-unsaturated/α-hetero) is 1. The summed E-state index contributed by atoms with van der Waals surface area (Å²) in [5, 5.41) is 8.33. The summed E-state index contributed by atoms with van der Waals surface area (Å²) in [6, 6.07) is 5.77. The molecule has 3 aromatic rings. The predicted octanol–water partition coefficient (Wildman–Crippen LogP) is 5.24. The monoisotopic (exact) mass is 419 g/mol. The first-order valence-electron chi connectivity index (χ1n) is 8.40. The largest absolute Gasteiger partial charge is 0.467 e. The highest BCUT2D eigenvalue weighted by atomic mass is 32.2. The van der Waals surface area contributed by atoms with E-state index >= 15 is 0 Å². The highest BCUT2D eigenvalue weighted by molar-refractivity contribution is 8.03. The van der Waals surface area contributed by atoms with Crippen LogP contribution in [-0.4, -0.2) is 32.1 Å². The van der Waals surface area contributed by atoms with Gasteiger partial charge in [-0.25, -0.2) is 0 Å². The maximum Gasteiger partial charge on any atom is 0.175 e. The van der Waals surface area contributed by atoms with Gasteiger partial charge in [-0.3, -0.25) is 4.79 Å². The van der Waals surface area contributed by atoms with Crippen molar-refractivity contribution in [3.8, 4) is 0 Å². The van der Waals surface area contributed by atoms with Gasteiger partial charge < -0.3 is 8.98 Å². The Bertz CT molecular complexity index is 942. The molecule has 0 N–H and O–H groups in total. The van der Waals surface area contributed by atoms with E-state index in [0.29, 0.717) is 12.3 Å². The van der Waals surface area contributed by atoms with Gasteiger partial charge in [-0.1, -0.05) is 47.0 Å². The van der Waals surface area contributed by atoms with Crippen molar-refractivity contribution in [1.82, 2.24) is 14.8 Å². The number of furan rings is 1. The first kappa shape index (κ1) is 20.0. The molecule has 0 aliphatic rings. The normalized spacial score (nSPS) is 11.1. The molecule has 0 radical (unpaired) electrons. The van der Waals surface area contributed by atoms with E-state index in [-0.39, 0.29) is 5.78 Å². The molecular formula is C19H21N3O2S3. The number of nitrogens with zero attached hydrogens (tertiary/aromatic N) is 3. The molecule has 5 nitrogen and oxygen atoms in total. The van der Waals surface area contributed by atoms with Crippen molar-refractivity contribution in [2.75, 3.05) is 11.5 Å². The van der Waals surface area contributed by atoms with E-state index in [2.05, 4.69) is 21.3 Å². The highest BCUT2D eigenvalue weighted by Crippen LogP contribution is 2.30. The molecule has 0 atom stereocenters. The zero-order valence-corrected chi connectivity index (χ0v) is 18.0. The third-order valence-electron chi connectivity index (χ3n) is 3.92. The van der Waals surface area contributed by atoms with Gasteiger partial charge >= 0.3 is 0 Å². The number of carbonyl (C=O) groups excluding carboxylic acids is 1. The van der Waals surface area contributed by atoms with E-state index in [1.807, 2.05) is 39.0 Å². The number of ketones is 1. The molecule has 3 heterocycles. The first-order chi connectivity index (χ1) is 12.9. The SMILES string of the molecule is C=C(C)CSc1nnc(SCC(=O)c2cc(C)n(Cc3ccco3)c2C)s1. The average Bonchev–Trinajstić information content (AvgIpc) is 3.35. The Hall–Kier alpha value is -1.77. The van der Waals surface area contributed by atoms with Gasteiger partial charge in [0.05, 0.1) is 18.6 Å². The molecule has 142 valence electrons. The van der Waals surface area contributed by atoms with Crippen molar-refractivity contribution in [2.45, 2.75) is 36.0 Å². The summed E-state index contributed by atoms with van der Waals surface area (Å²) in [4.78, 5) is 12.7. The van der Waals surface area contributed by atoms with E-state index < -0.39 is 0 Å². The lowest BCUT2D eigenvalue weighted by molar-refractivity contribution is 0.102. The van der Waals surface area contributed by atoms with Crippen LogP contribution < -0.4 is 0 Å². The topological polar surface area (TPSA) is 60.9 Å². The third-order valence-corrected chi connectivity index (χ3v) is 7.35. The lowest BCUT2D eigenvalue weighted by Gasteiger charge is -2.07. The van der Waals surface area contributed by atoms with Gasteiger partial charge in [0, 0.05) is 22.7 Å². The van der Waals surface area contributed by atoms with Crippen LogP contribution in [0.5, 0.6) is 0 Å². The molecule has 0 aliphatic carbocycles. The predicted molar refractivity (Wildman–Crippen MR) is 112 cm³/mol. The number of aryl methyl sites for hydroxylation is 1. The van der Waals surface area contributed by atoms with Crippen LogP contribution in [0.25, 0.3) is 0 Å². The summed E-state index contributed by atoms with van der Waals surface area (Å²) in [6.45, 7) is 10.5. The summed E-state index contributed by atoms with van der Waals surface area (Å²) in [5.74, 6) is 2.16. The number of thioether (sulfide) groups is 2. The fraction of sp³-hybridized carbons (Fsp3) is 0.316. The lowest BCUT2D eigenvalue weighted by Crippen LogP contribution is -2.07. The fourth-order valence-electron chi connectivity index (χ4n) is 2.59. The second-order valence-corrected chi connectivity index (χ2v) is 9.66. The van der Waals surface area contributed by atoms with Crippen LogP contribution >= 0.6 is 34.9 Å². The minimum Gasteiger partial charge on any atom is -0.467 e. The van der Waals surface area contributed by atoms with Gasteiger partial charge in [0.25, 0.3) is 0 Å². The van der Waals surface area contributed by atoms with Crippen molar-refractivity contribution in [3.63, 3.8) is 0 Å². The Morgan fingerprint density at radius 3 is 2.59 bits per heavy atom. The van der Waals surface area contributed by atoms with E-state index in [1.165, 1.54) is 23.1 Å². The van der Waals surface area contributed by atoms with Crippen LogP contribution in [0.3, 0.4) is 0 Å². The highest BCUT2D eigenvalue weighted by Gasteiger charge is 2.17. The molecule has 0 amide bonds. The Labute approximate surface area is 171 Å². The zero-order chi connectivity index (χ0) is 19.4. The molecule has 8 heteroatoms. The molecular weight excluding hydrogens is 398 g/mol. The number of hydrogen-bond acceptors (Lipinski definition) is 7. The van der Waals surface area contributed by atoms with Gasteiger partial charge in [0.15, 0.2) is 14.5 Å². The molecule has 27 heavy (non-hydrogen) atoms. The number of hydrogen-bond donors (Lipinski definition) is 0. The van der Waals surface area contributed by atoms with Gasteiger partial charge in [-0.05, 0) is 39.0 Å². The molecule has 0 saturated carbocycles. The quantitative estimate of drug-likeness (QED) is 0.268. The number of rotatable bonds is 9. The summed E-state index contributed by atoms with van der Waals surface area (Å²) in [7, 11) is 0. The molecule has 0 aliphatic heterocycles. The van der Waals surface area contributed by atoms with Crippen molar-refractivity contribution in [3.05, 3.63) is 59.3 Å². The standard InChI is InChI=1S/C19H21N3O2S3/c1-12(2)10-25-18-20-21-19(27-18)26-11-17(23)16-8-13(3)22(14(16)4)9-15-6-5-7-24-15/h5-8H,1,9-11H2,2-4H3. The molecule has 0 spiro atoms. The second kappa shape index (κ2) is 8.95. The van der Waals surface area contributed by atoms with Crippen LogP contribution in [-0.2, 0) is 6.54 Å². The number of aromatic nitrogens is 3. The van der Waals surface area contributed by atoms with Gasteiger partial charge in [-0.15, -0.1) is 10.2 Å². The van der Waals surface area contributed by atoms with Crippen LogP contribution in [0.15, 0.2) is 49.7 Å². The Morgan fingerprint density at radius 1 is 1.26 bits per heavy atom.